The summed E-state index contributed by atoms with van der Waals surface area (Å²) in [6.07, 6.45) is 3.29. The smallest absolute Gasteiger partial charge is 0.380 e. The van der Waals surface area contributed by atoms with Gasteiger partial charge in [-0.15, -0.1) is 0 Å². The van der Waals surface area contributed by atoms with Gasteiger partial charge in [-0.25, -0.2) is 0 Å². The Balaban J connectivity index is 2.41. The fourth-order valence-corrected chi connectivity index (χ4v) is 3.31. The number of aryl methyl sites for hydroxylation is 2. The first kappa shape index (κ1) is 16.9. The van der Waals surface area contributed by atoms with Crippen LogP contribution in [0.5, 0.6) is 0 Å². The summed E-state index contributed by atoms with van der Waals surface area (Å²) in [5.41, 5.74) is -2.76. The molecule has 0 fully saturated rings. The quantitative estimate of drug-likeness (QED) is 0.611. The van der Waals surface area contributed by atoms with Gasteiger partial charge in [0.1, 0.15) is 5.76 Å². The van der Waals surface area contributed by atoms with Crippen molar-refractivity contribution < 1.29 is 25.8 Å². The van der Waals surface area contributed by atoms with Gasteiger partial charge in [-0.2, -0.15) is 21.6 Å². The van der Waals surface area contributed by atoms with E-state index in [-0.39, 0.29) is 5.76 Å². The summed E-state index contributed by atoms with van der Waals surface area (Å²) in [5, 5.41) is 0. The van der Waals surface area contributed by atoms with Crippen LogP contribution in [0.4, 0.5) is 13.2 Å². The van der Waals surface area contributed by atoms with Crippen LogP contribution in [0, 0.1) is 13.8 Å². The van der Waals surface area contributed by atoms with Crippen LogP contribution in [0.15, 0.2) is 30.0 Å². The number of halogens is 3. The third kappa shape index (κ3) is 3.29. The van der Waals surface area contributed by atoms with Gasteiger partial charge in [-0.3, -0.25) is 0 Å². The van der Waals surface area contributed by atoms with E-state index in [0.717, 1.165) is 23.1 Å². The summed E-state index contributed by atoms with van der Waals surface area (Å²) in [4.78, 5) is 0. The van der Waals surface area contributed by atoms with Crippen molar-refractivity contribution >= 4 is 10.1 Å². The molecule has 1 aliphatic carbocycles. The van der Waals surface area contributed by atoms with Crippen molar-refractivity contribution in [3.63, 3.8) is 0 Å². The second-order valence-corrected chi connectivity index (χ2v) is 6.92. The highest BCUT2D eigenvalue weighted by molar-refractivity contribution is 7.87. The minimum absolute atomic E-state index is 0.124. The first-order valence-corrected chi connectivity index (χ1v) is 8.31. The molecule has 0 N–H and O–H groups in total. The van der Waals surface area contributed by atoms with Crippen LogP contribution in [-0.4, -0.2) is 13.9 Å². The van der Waals surface area contributed by atoms with Crippen molar-refractivity contribution in [3.8, 4) is 0 Å². The molecule has 0 spiro atoms. The molecule has 7 heteroatoms. The van der Waals surface area contributed by atoms with Crippen LogP contribution in [-0.2, 0) is 14.3 Å². The molecule has 0 aliphatic heterocycles. The van der Waals surface area contributed by atoms with E-state index in [1.807, 2.05) is 32.0 Å². The van der Waals surface area contributed by atoms with Gasteiger partial charge in [0, 0.05) is 5.92 Å². The van der Waals surface area contributed by atoms with Gasteiger partial charge in [-0.05, 0) is 55.9 Å². The first-order chi connectivity index (χ1) is 10.1. The number of benzene rings is 1. The zero-order valence-electron chi connectivity index (χ0n) is 12.3. The first-order valence-electron chi connectivity index (χ1n) is 6.90. The van der Waals surface area contributed by atoms with Crippen LogP contribution in [0.1, 0.15) is 41.9 Å². The molecule has 0 saturated heterocycles. The molecule has 122 valence electrons. The van der Waals surface area contributed by atoms with Gasteiger partial charge >= 0.3 is 15.6 Å². The summed E-state index contributed by atoms with van der Waals surface area (Å²) in [7, 11) is -5.63. The zero-order chi connectivity index (χ0) is 16.5. The van der Waals surface area contributed by atoms with Crippen molar-refractivity contribution in [2.45, 2.75) is 44.5 Å². The maximum atomic E-state index is 12.5. The zero-order valence-corrected chi connectivity index (χ0v) is 13.1. The van der Waals surface area contributed by atoms with Crippen molar-refractivity contribution in [2.24, 2.45) is 0 Å². The maximum absolute atomic E-state index is 12.5. The second-order valence-electron chi connectivity index (χ2n) is 5.38. The van der Waals surface area contributed by atoms with Crippen LogP contribution < -0.4 is 0 Å². The number of allylic oxidation sites excluding steroid dienone is 2. The molecule has 0 bridgehead atoms. The van der Waals surface area contributed by atoms with Gasteiger partial charge in [-0.1, -0.05) is 18.2 Å². The molecule has 2 rings (SSSR count). The van der Waals surface area contributed by atoms with E-state index in [9.17, 15) is 21.6 Å². The third-order valence-electron chi connectivity index (χ3n) is 3.77. The lowest BCUT2D eigenvalue weighted by atomic mass is 9.83. The topological polar surface area (TPSA) is 43.4 Å². The molecule has 0 radical (unpaired) electrons. The van der Waals surface area contributed by atoms with E-state index in [1.54, 1.807) is 0 Å². The van der Waals surface area contributed by atoms with Gasteiger partial charge in [0.2, 0.25) is 0 Å². The Bertz CT molecular complexity index is 670. The lowest BCUT2D eigenvalue weighted by Gasteiger charge is -2.27. The molecule has 1 aromatic carbocycles. The minimum Gasteiger partial charge on any atom is -0.380 e. The van der Waals surface area contributed by atoms with Crippen molar-refractivity contribution in [3.05, 3.63) is 46.7 Å². The summed E-state index contributed by atoms with van der Waals surface area (Å²) in [6.45, 7) is 3.71. The van der Waals surface area contributed by atoms with Gasteiger partial charge in [0.15, 0.2) is 0 Å². The lowest BCUT2D eigenvalue weighted by molar-refractivity contribution is -0.0525. The van der Waals surface area contributed by atoms with E-state index in [2.05, 4.69) is 4.18 Å². The number of alkyl halides is 3. The van der Waals surface area contributed by atoms with Crippen LogP contribution in [0.3, 0.4) is 0 Å². The lowest BCUT2D eigenvalue weighted by Crippen LogP contribution is -2.27. The Morgan fingerprint density at radius 1 is 1.18 bits per heavy atom. The Kier molecular flexibility index (Phi) is 4.56. The summed E-state index contributed by atoms with van der Waals surface area (Å²) < 4.78 is 64.6. The molecule has 22 heavy (non-hydrogen) atoms. The maximum Gasteiger partial charge on any atom is 0.534 e. The number of hydrogen-bond donors (Lipinski definition) is 0. The molecular weight excluding hydrogens is 317 g/mol. The standard InChI is InChI=1S/C15H17F3O3S/c1-10-6-5-7-11(2)14(10)12-8-3-4-9-13(12)21-22(19,20)15(16,17)18/h5-7,9,12H,3-4,8H2,1-2H3. The van der Waals surface area contributed by atoms with Crippen LogP contribution >= 0.6 is 0 Å². The Morgan fingerprint density at radius 2 is 1.77 bits per heavy atom. The van der Waals surface area contributed by atoms with E-state index in [1.165, 1.54) is 6.08 Å². The molecule has 1 aliphatic rings. The largest absolute Gasteiger partial charge is 0.534 e. The molecule has 0 saturated carbocycles. The third-order valence-corrected chi connectivity index (χ3v) is 4.74. The predicted molar refractivity (Wildman–Crippen MR) is 76.7 cm³/mol. The molecule has 0 aromatic heterocycles. The average molecular weight is 334 g/mol. The van der Waals surface area contributed by atoms with Gasteiger partial charge in [0.25, 0.3) is 0 Å². The molecule has 3 nitrogen and oxygen atoms in total. The second kappa shape index (κ2) is 5.95. The van der Waals surface area contributed by atoms with E-state index >= 15 is 0 Å². The Hall–Kier alpha value is -1.50. The van der Waals surface area contributed by atoms with Crippen molar-refractivity contribution in [1.29, 1.82) is 0 Å². The van der Waals surface area contributed by atoms with Crippen LogP contribution in [0.2, 0.25) is 0 Å². The molecule has 1 aromatic rings. The SMILES string of the molecule is Cc1cccc(C)c1C1CCCC=C1OS(=O)(=O)C(F)(F)F. The molecule has 0 heterocycles. The highest BCUT2D eigenvalue weighted by atomic mass is 32.2. The summed E-state index contributed by atoms with van der Waals surface area (Å²) >= 11 is 0. The van der Waals surface area contributed by atoms with Gasteiger partial charge < -0.3 is 4.18 Å². The van der Waals surface area contributed by atoms with Crippen LogP contribution in [0.25, 0.3) is 0 Å². The Labute approximate surface area is 127 Å². The monoisotopic (exact) mass is 334 g/mol. The molecule has 0 amide bonds. The molecular formula is C15H17F3O3S. The molecule has 1 atom stereocenters. The van der Waals surface area contributed by atoms with E-state index in [4.69, 9.17) is 0 Å². The fourth-order valence-electron chi connectivity index (χ4n) is 2.78. The fraction of sp³-hybridized carbons (Fsp3) is 0.467. The predicted octanol–water partition coefficient (Wildman–Crippen LogP) is 4.32. The summed E-state index contributed by atoms with van der Waals surface area (Å²) in [6, 6.07) is 5.56. The van der Waals surface area contributed by atoms with Gasteiger partial charge in [0.05, 0.1) is 0 Å². The molecule has 1 unspecified atom stereocenters. The van der Waals surface area contributed by atoms with Crippen molar-refractivity contribution in [1.82, 2.24) is 0 Å². The number of hydrogen-bond acceptors (Lipinski definition) is 3. The van der Waals surface area contributed by atoms with Crippen molar-refractivity contribution in [2.75, 3.05) is 0 Å². The number of rotatable bonds is 3. The highest BCUT2D eigenvalue weighted by Gasteiger charge is 2.49. The minimum atomic E-state index is -5.63. The Morgan fingerprint density at radius 3 is 2.32 bits per heavy atom. The normalized spacial score (nSPS) is 19.7. The highest BCUT2D eigenvalue weighted by Crippen LogP contribution is 2.40. The summed E-state index contributed by atoms with van der Waals surface area (Å²) in [5.74, 6) is -0.590. The average Bonchev–Trinajstić information content (AvgIpc) is 2.38. The van der Waals surface area contributed by atoms with E-state index in [0.29, 0.717) is 12.8 Å². The van der Waals surface area contributed by atoms with E-state index < -0.39 is 21.5 Å².